The molecule has 12 heavy (non-hydrogen) atoms. The SMILES string of the molecule is O=C(O)P1CCCCCCCC1. The Balaban J connectivity index is 2.33. The van der Waals surface area contributed by atoms with E-state index < -0.39 is 13.6 Å². The second kappa shape index (κ2) is 5.53. The number of hydrogen-bond acceptors (Lipinski definition) is 1. The van der Waals surface area contributed by atoms with E-state index in [9.17, 15) is 4.79 Å². The maximum Gasteiger partial charge on any atom is 0.323 e. The van der Waals surface area contributed by atoms with Gasteiger partial charge in [-0.15, -0.1) is 0 Å². The van der Waals surface area contributed by atoms with Crippen molar-refractivity contribution in [2.24, 2.45) is 0 Å². The molecule has 0 aromatic heterocycles. The van der Waals surface area contributed by atoms with E-state index in [0.717, 1.165) is 25.2 Å². The minimum absolute atomic E-state index is 0.521. The molecule has 0 spiro atoms. The van der Waals surface area contributed by atoms with Crippen LogP contribution in [0.3, 0.4) is 0 Å². The predicted octanol–water partition coefficient (Wildman–Crippen LogP) is 3.50. The fourth-order valence-electron chi connectivity index (χ4n) is 1.62. The second-order valence-electron chi connectivity index (χ2n) is 3.39. The van der Waals surface area contributed by atoms with E-state index in [1.54, 1.807) is 0 Å². The summed E-state index contributed by atoms with van der Waals surface area (Å²) in [4.78, 5) is 10.8. The minimum atomic E-state index is -0.675. The van der Waals surface area contributed by atoms with Gasteiger partial charge in [0.25, 0.3) is 0 Å². The molecule has 0 atom stereocenters. The van der Waals surface area contributed by atoms with Gasteiger partial charge in [0.15, 0.2) is 0 Å². The quantitative estimate of drug-likeness (QED) is 0.639. The van der Waals surface area contributed by atoms with Gasteiger partial charge < -0.3 is 5.11 Å². The van der Waals surface area contributed by atoms with Crippen molar-refractivity contribution < 1.29 is 9.90 Å². The Morgan fingerprint density at radius 1 is 0.917 bits per heavy atom. The largest absolute Gasteiger partial charge is 0.478 e. The lowest BCUT2D eigenvalue weighted by Crippen LogP contribution is -1.98. The highest BCUT2D eigenvalue weighted by Crippen LogP contribution is 2.39. The Morgan fingerprint density at radius 2 is 1.33 bits per heavy atom. The molecule has 3 heteroatoms. The number of rotatable bonds is 1. The van der Waals surface area contributed by atoms with Crippen LogP contribution in [0.2, 0.25) is 0 Å². The molecule has 0 aromatic carbocycles. The van der Waals surface area contributed by atoms with Crippen LogP contribution in [0.25, 0.3) is 0 Å². The summed E-state index contributed by atoms with van der Waals surface area (Å²) in [6, 6.07) is 0. The summed E-state index contributed by atoms with van der Waals surface area (Å²) in [5.41, 5.74) is -0.521. The van der Waals surface area contributed by atoms with Crippen LogP contribution in [0.15, 0.2) is 0 Å². The van der Waals surface area contributed by atoms with Crippen molar-refractivity contribution in [2.45, 2.75) is 38.5 Å². The van der Waals surface area contributed by atoms with E-state index in [4.69, 9.17) is 5.11 Å². The highest BCUT2D eigenvalue weighted by atomic mass is 31.1. The summed E-state index contributed by atoms with van der Waals surface area (Å²) in [5, 5.41) is 8.88. The van der Waals surface area contributed by atoms with Crippen molar-refractivity contribution in [3.05, 3.63) is 0 Å². The van der Waals surface area contributed by atoms with Crippen molar-refractivity contribution >= 4 is 13.6 Å². The Hall–Kier alpha value is -0.100. The van der Waals surface area contributed by atoms with Crippen molar-refractivity contribution in [1.29, 1.82) is 0 Å². The molecule has 0 bridgehead atoms. The summed E-state index contributed by atoms with van der Waals surface area (Å²) >= 11 is 0. The lowest BCUT2D eigenvalue weighted by molar-refractivity contribution is 0.221. The summed E-state index contributed by atoms with van der Waals surface area (Å²) in [7, 11) is -0.675. The first-order chi connectivity index (χ1) is 5.80. The van der Waals surface area contributed by atoms with Gasteiger partial charge in [-0.05, 0) is 25.2 Å². The molecule has 70 valence electrons. The topological polar surface area (TPSA) is 37.3 Å². The van der Waals surface area contributed by atoms with E-state index in [1.807, 2.05) is 0 Å². The normalized spacial score (nSPS) is 22.3. The van der Waals surface area contributed by atoms with Gasteiger partial charge in [-0.25, -0.2) is 4.79 Å². The number of hydrogen-bond donors (Lipinski definition) is 1. The molecular weight excluding hydrogens is 171 g/mol. The Labute approximate surface area is 75.1 Å². The van der Waals surface area contributed by atoms with Crippen LogP contribution in [0, 0.1) is 0 Å². The first-order valence-electron chi connectivity index (χ1n) is 4.78. The third-order valence-corrected chi connectivity index (χ3v) is 4.63. The summed E-state index contributed by atoms with van der Waals surface area (Å²) in [6.07, 6.45) is 9.30. The molecular formula is C9H17O2P. The summed E-state index contributed by atoms with van der Waals surface area (Å²) < 4.78 is 0. The first-order valence-corrected chi connectivity index (χ1v) is 6.50. The van der Waals surface area contributed by atoms with Crippen LogP contribution in [0.5, 0.6) is 0 Å². The second-order valence-corrected chi connectivity index (χ2v) is 5.75. The van der Waals surface area contributed by atoms with E-state index >= 15 is 0 Å². The minimum Gasteiger partial charge on any atom is -0.478 e. The lowest BCUT2D eigenvalue weighted by Gasteiger charge is -2.09. The Bertz CT molecular complexity index is 137. The molecule has 0 amide bonds. The van der Waals surface area contributed by atoms with Gasteiger partial charge in [0.1, 0.15) is 0 Å². The van der Waals surface area contributed by atoms with Gasteiger partial charge in [-0.1, -0.05) is 25.7 Å². The van der Waals surface area contributed by atoms with Gasteiger partial charge in [0.2, 0.25) is 0 Å². The molecule has 1 fully saturated rings. The van der Waals surface area contributed by atoms with Gasteiger partial charge in [0.05, 0.1) is 0 Å². The maximum absolute atomic E-state index is 10.8. The molecule has 0 unspecified atom stereocenters. The van der Waals surface area contributed by atoms with E-state index in [-0.39, 0.29) is 0 Å². The van der Waals surface area contributed by atoms with E-state index in [2.05, 4.69) is 0 Å². The third-order valence-electron chi connectivity index (χ3n) is 2.38. The van der Waals surface area contributed by atoms with Crippen molar-refractivity contribution in [1.82, 2.24) is 0 Å². The molecule has 0 aliphatic carbocycles. The van der Waals surface area contributed by atoms with Crippen molar-refractivity contribution in [3.8, 4) is 0 Å². The zero-order valence-electron chi connectivity index (χ0n) is 7.46. The molecule has 1 aliphatic heterocycles. The fraction of sp³-hybridized carbons (Fsp3) is 0.889. The molecule has 0 radical (unpaired) electrons. The Kier molecular flexibility index (Phi) is 4.60. The molecule has 1 heterocycles. The first kappa shape index (κ1) is 9.98. The molecule has 0 saturated carbocycles. The highest BCUT2D eigenvalue weighted by Gasteiger charge is 2.16. The standard InChI is InChI=1S/C9H17O2P/c10-9(11)12-7-5-3-1-2-4-6-8-12/h1-8H2,(H,10,11). The number of carboxylic acid groups (broad SMARTS) is 1. The van der Waals surface area contributed by atoms with Crippen LogP contribution < -0.4 is 0 Å². The molecule has 1 rings (SSSR count). The van der Waals surface area contributed by atoms with Gasteiger partial charge in [-0.3, -0.25) is 0 Å². The fourth-order valence-corrected chi connectivity index (χ4v) is 3.43. The Morgan fingerprint density at radius 3 is 1.75 bits per heavy atom. The van der Waals surface area contributed by atoms with Gasteiger partial charge in [-0.2, -0.15) is 0 Å². The van der Waals surface area contributed by atoms with Gasteiger partial charge >= 0.3 is 5.71 Å². The average molecular weight is 188 g/mol. The summed E-state index contributed by atoms with van der Waals surface area (Å²) in [5.74, 6) is 0. The average Bonchev–Trinajstić information content (AvgIpc) is 2.15. The third kappa shape index (κ3) is 3.53. The predicted molar refractivity (Wildman–Crippen MR) is 52.4 cm³/mol. The van der Waals surface area contributed by atoms with Crippen molar-refractivity contribution in [3.63, 3.8) is 0 Å². The molecule has 1 aliphatic rings. The van der Waals surface area contributed by atoms with Crippen molar-refractivity contribution in [2.75, 3.05) is 12.3 Å². The number of carbonyl (C=O) groups is 1. The van der Waals surface area contributed by atoms with Crippen LogP contribution in [-0.4, -0.2) is 23.1 Å². The van der Waals surface area contributed by atoms with Crippen LogP contribution in [-0.2, 0) is 0 Å². The van der Waals surface area contributed by atoms with Gasteiger partial charge in [0, 0.05) is 7.92 Å². The molecule has 1 N–H and O–H groups in total. The van der Waals surface area contributed by atoms with E-state index in [1.165, 1.54) is 25.7 Å². The monoisotopic (exact) mass is 188 g/mol. The van der Waals surface area contributed by atoms with Crippen LogP contribution in [0.4, 0.5) is 4.79 Å². The highest BCUT2D eigenvalue weighted by molar-refractivity contribution is 7.74. The molecule has 2 nitrogen and oxygen atoms in total. The maximum atomic E-state index is 10.8. The molecule has 0 aromatic rings. The van der Waals surface area contributed by atoms with E-state index in [0.29, 0.717) is 0 Å². The summed E-state index contributed by atoms with van der Waals surface area (Å²) in [6.45, 7) is 0. The van der Waals surface area contributed by atoms with Crippen LogP contribution >= 0.6 is 7.92 Å². The lowest BCUT2D eigenvalue weighted by atomic mass is 10.1. The molecule has 1 saturated heterocycles. The zero-order valence-corrected chi connectivity index (χ0v) is 8.35. The van der Waals surface area contributed by atoms with Crippen LogP contribution in [0.1, 0.15) is 38.5 Å². The smallest absolute Gasteiger partial charge is 0.323 e. The zero-order chi connectivity index (χ0) is 8.81.